The van der Waals surface area contributed by atoms with Gasteiger partial charge in [0, 0.05) is 12.1 Å². The molecule has 110 valence electrons. The summed E-state index contributed by atoms with van der Waals surface area (Å²) in [5.74, 6) is -1.16. The third-order valence-corrected chi connectivity index (χ3v) is 3.21. The molecule has 0 radical (unpaired) electrons. The number of rotatable bonds is 8. The van der Waals surface area contributed by atoms with Gasteiger partial charge in [-0.05, 0) is 30.5 Å². The van der Waals surface area contributed by atoms with Crippen LogP contribution in [-0.2, 0) is 16.0 Å². The van der Waals surface area contributed by atoms with E-state index in [1.54, 1.807) is 6.92 Å². The number of carboxylic acids is 1. The van der Waals surface area contributed by atoms with Crippen molar-refractivity contribution in [3.8, 4) is 0 Å². The topological polar surface area (TPSA) is 66.4 Å². The Morgan fingerprint density at radius 1 is 1.20 bits per heavy atom. The standard InChI is InChI=1S/C16H23NO3/c1-3-4-5-6-15(18)17-14-9-7-13(8-10-14)11-12(2)16(19)20/h7-10,12H,3-6,11H2,1-2H3,(H,17,18)(H,19,20). The van der Waals surface area contributed by atoms with Crippen LogP contribution in [0.4, 0.5) is 5.69 Å². The molecule has 4 heteroatoms. The van der Waals surface area contributed by atoms with Gasteiger partial charge >= 0.3 is 5.97 Å². The van der Waals surface area contributed by atoms with Gasteiger partial charge in [0.1, 0.15) is 0 Å². The van der Waals surface area contributed by atoms with Crippen LogP contribution >= 0.6 is 0 Å². The summed E-state index contributed by atoms with van der Waals surface area (Å²) in [5.41, 5.74) is 1.72. The number of aliphatic carboxylic acids is 1. The number of nitrogens with one attached hydrogen (secondary N) is 1. The molecular formula is C16H23NO3. The van der Waals surface area contributed by atoms with E-state index in [0.29, 0.717) is 12.8 Å². The zero-order chi connectivity index (χ0) is 15.0. The number of hydrogen-bond donors (Lipinski definition) is 2. The molecule has 1 rings (SSSR count). The van der Waals surface area contributed by atoms with Gasteiger partial charge in [-0.25, -0.2) is 0 Å². The highest BCUT2D eigenvalue weighted by molar-refractivity contribution is 5.90. The summed E-state index contributed by atoms with van der Waals surface area (Å²) >= 11 is 0. The number of anilines is 1. The fraction of sp³-hybridized carbons (Fsp3) is 0.500. The zero-order valence-electron chi connectivity index (χ0n) is 12.2. The van der Waals surface area contributed by atoms with Crippen molar-refractivity contribution in [2.45, 2.75) is 46.0 Å². The summed E-state index contributed by atoms with van der Waals surface area (Å²) in [6.45, 7) is 3.79. The summed E-state index contributed by atoms with van der Waals surface area (Å²) in [6, 6.07) is 7.37. The molecule has 0 aliphatic carbocycles. The normalized spacial score (nSPS) is 11.9. The summed E-state index contributed by atoms with van der Waals surface area (Å²) < 4.78 is 0. The Morgan fingerprint density at radius 3 is 2.40 bits per heavy atom. The lowest BCUT2D eigenvalue weighted by atomic mass is 10.0. The molecule has 1 aromatic carbocycles. The maximum atomic E-state index is 11.7. The van der Waals surface area contributed by atoms with Crippen molar-refractivity contribution in [1.29, 1.82) is 0 Å². The Hall–Kier alpha value is -1.84. The lowest BCUT2D eigenvalue weighted by Crippen LogP contribution is -2.13. The first kappa shape index (κ1) is 16.2. The second kappa shape index (κ2) is 8.35. The van der Waals surface area contributed by atoms with Gasteiger partial charge in [-0.1, -0.05) is 38.8 Å². The Labute approximate surface area is 120 Å². The lowest BCUT2D eigenvalue weighted by Gasteiger charge is -2.08. The third kappa shape index (κ3) is 5.87. The van der Waals surface area contributed by atoms with Crippen LogP contribution in [0.15, 0.2) is 24.3 Å². The minimum Gasteiger partial charge on any atom is -0.481 e. The van der Waals surface area contributed by atoms with Gasteiger partial charge in [0.25, 0.3) is 0 Å². The number of carbonyl (C=O) groups is 2. The van der Waals surface area contributed by atoms with E-state index in [1.807, 2.05) is 24.3 Å². The van der Waals surface area contributed by atoms with Crippen molar-refractivity contribution in [3.05, 3.63) is 29.8 Å². The van der Waals surface area contributed by atoms with Crippen molar-refractivity contribution in [2.24, 2.45) is 5.92 Å². The van der Waals surface area contributed by atoms with Gasteiger partial charge in [-0.2, -0.15) is 0 Å². The Bertz CT molecular complexity index is 440. The zero-order valence-corrected chi connectivity index (χ0v) is 12.2. The van der Waals surface area contributed by atoms with E-state index in [0.717, 1.165) is 30.5 Å². The highest BCUT2D eigenvalue weighted by Gasteiger charge is 2.11. The largest absolute Gasteiger partial charge is 0.481 e. The summed E-state index contributed by atoms with van der Waals surface area (Å²) in [6.07, 6.45) is 4.13. The highest BCUT2D eigenvalue weighted by atomic mass is 16.4. The Balaban J connectivity index is 2.46. The molecule has 0 aliphatic heterocycles. The average molecular weight is 277 g/mol. The van der Waals surface area contributed by atoms with E-state index in [1.165, 1.54) is 0 Å². The Kier molecular flexibility index (Phi) is 6.77. The first-order valence-corrected chi connectivity index (χ1v) is 7.14. The third-order valence-electron chi connectivity index (χ3n) is 3.21. The van der Waals surface area contributed by atoms with E-state index in [-0.39, 0.29) is 5.91 Å². The second-order valence-electron chi connectivity index (χ2n) is 5.15. The molecule has 1 aromatic rings. The summed E-state index contributed by atoms with van der Waals surface area (Å²) in [5, 5.41) is 11.7. The van der Waals surface area contributed by atoms with Gasteiger partial charge in [0.15, 0.2) is 0 Å². The molecule has 0 aliphatic rings. The fourth-order valence-electron chi connectivity index (χ4n) is 1.92. The molecule has 1 unspecified atom stereocenters. The molecule has 0 fully saturated rings. The summed E-state index contributed by atoms with van der Waals surface area (Å²) in [4.78, 5) is 22.4. The van der Waals surface area contributed by atoms with E-state index in [4.69, 9.17) is 5.11 Å². The molecule has 1 amide bonds. The predicted molar refractivity (Wildman–Crippen MR) is 79.7 cm³/mol. The molecule has 0 aromatic heterocycles. The van der Waals surface area contributed by atoms with Crippen LogP contribution in [0.2, 0.25) is 0 Å². The first-order valence-electron chi connectivity index (χ1n) is 7.14. The highest BCUT2D eigenvalue weighted by Crippen LogP contribution is 2.14. The van der Waals surface area contributed by atoms with Crippen LogP contribution < -0.4 is 5.32 Å². The van der Waals surface area contributed by atoms with Crippen molar-refractivity contribution in [3.63, 3.8) is 0 Å². The molecule has 0 bridgehead atoms. The number of amides is 1. The van der Waals surface area contributed by atoms with Crippen LogP contribution in [0.1, 0.15) is 45.1 Å². The molecular weight excluding hydrogens is 254 g/mol. The number of carbonyl (C=O) groups excluding carboxylic acids is 1. The van der Waals surface area contributed by atoms with Crippen molar-refractivity contribution < 1.29 is 14.7 Å². The van der Waals surface area contributed by atoms with Gasteiger partial charge in [-0.3, -0.25) is 9.59 Å². The predicted octanol–water partition coefficient (Wildman–Crippen LogP) is 3.47. The first-order chi connectivity index (χ1) is 9.52. The second-order valence-corrected chi connectivity index (χ2v) is 5.15. The van der Waals surface area contributed by atoms with Crippen LogP contribution in [-0.4, -0.2) is 17.0 Å². The van der Waals surface area contributed by atoms with Crippen molar-refractivity contribution in [1.82, 2.24) is 0 Å². The number of hydrogen-bond acceptors (Lipinski definition) is 2. The molecule has 2 N–H and O–H groups in total. The Morgan fingerprint density at radius 2 is 1.85 bits per heavy atom. The quantitative estimate of drug-likeness (QED) is 0.715. The number of benzene rings is 1. The molecule has 0 heterocycles. The minimum absolute atomic E-state index is 0.0325. The molecule has 0 spiro atoms. The maximum Gasteiger partial charge on any atom is 0.306 e. The SMILES string of the molecule is CCCCCC(=O)Nc1ccc(CC(C)C(=O)O)cc1. The van der Waals surface area contributed by atoms with Crippen LogP contribution in [0, 0.1) is 5.92 Å². The van der Waals surface area contributed by atoms with Gasteiger partial charge in [-0.15, -0.1) is 0 Å². The van der Waals surface area contributed by atoms with Crippen LogP contribution in [0.25, 0.3) is 0 Å². The van der Waals surface area contributed by atoms with Crippen molar-refractivity contribution >= 4 is 17.6 Å². The van der Waals surface area contributed by atoms with Gasteiger partial charge < -0.3 is 10.4 Å². The van der Waals surface area contributed by atoms with Gasteiger partial charge in [0.2, 0.25) is 5.91 Å². The molecule has 4 nitrogen and oxygen atoms in total. The average Bonchev–Trinajstić information content (AvgIpc) is 2.41. The lowest BCUT2D eigenvalue weighted by molar-refractivity contribution is -0.141. The molecule has 0 saturated heterocycles. The molecule has 20 heavy (non-hydrogen) atoms. The van der Waals surface area contributed by atoms with E-state index >= 15 is 0 Å². The maximum absolute atomic E-state index is 11.7. The van der Waals surface area contributed by atoms with Gasteiger partial charge in [0.05, 0.1) is 5.92 Å². The number of unbranched alkanes of at least 4 members (excludes halogenated alkanes) is 2. The van der Waals surface area contributed by atoms with E-state index in [2.05, 4.69) is 12.2 Å². The molecule has 1 atom stereocenters. The van der Waals surface area contributed by atoms with E-state index < -0.39 is 11.9 Å². The monoisotopic (exact) mass is 277 g/mol. The molecule has 0 saturated carbocycles. The summed E-state index contributed by atoms with van der Waals surface area (Å²) in [7, 11) is 0. The minimum atomic E-state index is -0.793. The smallest absolute Gasteiger partial charge is 0.306 e. The van der Waals surface area contributed by atoms with Crippen LogP contribution in [0.3, 0.4) is 0 Å². The van der Waals surface area contributed by atoms with E-state index in [9.17, 15) is 9.59 Å². The number of carboxylic acid groups (broad SMARTS) is 1. The fourth-order valence-corrected chi connectivity index (χ4v) is 1.92. The van der Waals surface area contributed by atoms with Crippen LogP contribution in [0.5, 0.6) is 0 Å². The van der Waals surface area contributed by atoms with Crippen molar-refractivity contribution in [2.75, 3.05) is 5.32 Å².